The van der Waals surface area contributed by atoms with Crippen LogP contribution < -0.4 is 21.4 Å². The fourth-order valence-electron chi connectivity index (χ4n) is 0.890. The molecule has 0 aromatic heterocycles. The Kier molecular flexibility index (Phi) is 1.03. The first kappa shape index (κ1) is 5.52. The third-order valence-electron chi connectivity index (χ3n) is 1.38. The SMILES string of the molecule is NN1NOc2ccccc21. The maximum Gasteiger partial charge on any atom is 0.176 e. The Labute approximate surface area is 58.1 Å². The van der Waals surface area contributed by atoms with Crippen molar-refractivity contribution in [3.8, 4) is 5.75 Å². The number of nitrogens with zero attached hydrogens (tertiary/aromatic N) is 1. The predicted molar refractivity (Wildman–Crippen MR) is 36.9 cm³/mol. The minimum absolute atomic E-state index is 0.755. The van der Waals surface area contributed by atoms with Gasteiger partial charge in [0.1, 0.15) is 5.69 Å². The number of rotatable bonds is 0. The summed E-state index contributed by atoms with van der Waals surface area (Å²) < 4.78 is 0. The second kappa shape index (κ2) is 1.86. The number of hydrazine groups is 2. The van der Waals surface area contributed by atoms with E-state index in [-0.39, 0.29) is 0 Å². The lowest BCUT2D eigenvalue weighted by Crippen LogP contribution is -2.40. The van der Waals surface area contributed by atoms with Gasteiger partial charge in [0, 0.05) is 0 Å². The van der Waals surface area contributed by atoms with Gasteiger partial charge in [-0.15, -0.1) is 0 Å². The zero-order valence-electron chi connectivity index (χ0n) is 5.24. The average Bonchev–Trinajstić information content (AvgIpc) is 2.34. The van der Waals surface area contributed by atoms with Gasteiger partial charge in [0.25, 0.3) is 0 Å². The molecule has 0 aliphatic carbocycles. The van der Waals surface area contributed by atoms with E-state index in [1.807, 2.05) is 24.3 Å². The largest absolute Gasteiger partial charge is 0.385 e. The first-order chi connectivity index (χ1) is 4.88. The second-order valence-corrected chi connectivity index (χ2v) is 2.03. The number of para-hydroxylation sites is 2. The summed E-state index contributed by atoms with van der Waals surface area (Å²) in [7, 11) is 0. The fourth-order valence-corrected chi connectivity index (χ4v) is 0.890. The number of anilines is 1. The Morgan fingerprint density at radius 2 is 2.20 bits per heavy atom. The highest BCUT2D eigenvalue weighted by atomic mass is 16.7. The molecule has 0 amide bonds. The molecule has 3 N–H and O–H groups in total. The van der Waals surface area contributed by atoms with E-state index in [9.17, 15) is 0 Å². The highest BCUT2D eigenvalue weighted by Gasteiger charge is 2.15. The van der Waals surface area contributed by atoms with Crippen molar-refractivity contribution in [1.82, 2.24) is 5.59 Å². The first-order valence-electron chi connectivity index (χ1n) is 2.94. The van der Waals surface area contributed by atoms with Crippen molar-refractivity contribution in [2.45, 2.75) is 0 Å². The van der Waals surface area contributed by atoms with E-state index in [0.29, 0.717) is 0 Å². The van der Waals surface area contributed by atoms with Crippen LogP contribution >= 0.6 is 0 Å². The van der Waals surface area contributed by atoms with Crippen LogP contribution in [-0.4, -0.2) is 0 Å². The summed E-state index contributed by atoms with van der Waals surface area (Å²) in [6.07, 6.45) is 0. The number of benzene rings is 1. The van der Waals surface area contributed by atoms with Crippen molar-refractivity contribution in [3.63, 3.8) is 0 Å². The van der Waals surface area contributed by atoms with Crippen LogP contribution in [0.1, 0.15) is 0 Å². The van der Waals surface area contributed by atoms with Crippen molar-refractivity contribution in [1.29, 1.82) is 0 Å². The Balaban J connectivity index is 2.51. The lowest BCUT2D eigenvalue weighted by Gasteiger charge is -2.05. The molecule has 0 radical (unpaired) electrons. The second-order valence-electron chi connectivity index (χ2n) is 2.03. The molecule has 52 valence electrons. The average molecular weight is 137 g/mol. The van der Waals surface area contributed by atoms with Gasteiger partial charge in [-0.2, -0.15) is 0 Å². The first-order valence-corrected chi connectivity index (χ1v) is 2.94. The van der Waals surface area contributed by atoms with E-state index in [0.717, 1.165) is 11.4 Å². The molecule has 4 nitrogen and oxygen atoms in total. The summed E-state index contributed by atoms with van der Waals surface area (Å²) >= 11 is 0. The van der Waals surface area contributed by atoms with Gasteiger partial charge in [-0.25, -0.2) is 11.0 Å². The van der Waals surface area contributed by atoms with Gasteiger partial charge in [-0.3, -0.25) is 0 Å². The number of nitrogens with one attached hydrogen (secondary N) is 1. The molecule has 1 aliphatic rings. The quantitative estimate of drug-likeness (QED) is 0.501. The fraction of sp³-hybridized carbons (Fsp3) is 0. The molecule has 2 rings (SSSR count). The number of hydrogen-bond donors (Lipinski definition) is 2. The molecule has 0 bridgehead atoms. The van der Waals surface area contributed by atoms with Crippen molar-refractivity contribution < 1.29 is 4.84 Å². The van der Waals surface area contributed by atoms with E-state index < -0.39 is 0 Å². The predicted octanol–water partition coefficient (Wildman–Crippen LogP) is 0.179. The molecule has 1 aromatic carbocycles. The monoisotopic (exact) mass is 137 g/mol. The molecule has 1 heterocycles. The number of hydrogen-bond acceptors (Lipinski definition) is 4. The summed E-state index contributed by atoms with van der Waals surface area (Å²) in [5, 5.41) is 1.33. The minimum atomic E-state index is 0.755. The number of nitrogens with two attached hydrogens (primary N) is 1. The molecular weight excluding hydrogens is 130 g/mol. The molecule has 0 saturated heterocycles. The van der Waals surface area contributed by atoms with Crippen LogP contribution in [0.4, 0.5) is 5.69 Å². The Hall–Kier alpha value is -1.26. The molecule has 0 atom stereocenters. The smallest absolute Gasteiger partial charge is 0.176 e. The lowest BCUT2D eigenvalue weighted by molar-refractivity contribution is 0.214. The van der Waals surface area contributed by atoms with E-state index in [1.54, 1.807) is 0 Å². The van der Waals surface area contributed by atoms with Gasteiger partial charge < -0.3 is 4.84 Å². The van der Waals surface area contributed by atoms with Gasteiger partial charge in [-0.1, -0.05) is 17.7 Å². The maximum absolute atomic E-state index is 5.44. The molecule has 0 fully saturated rings. The topological polar surface area (TPSA) is 50.5 Å². The van der Waals surface area contributed by atoms with Crippen LogP contribution in [0.15, 0.2) is 24.3 Å². The third kappa shape index (κ3) is 0.632. The Morgan fingerprint density at radius 3 is 3.00 bits per heavy atom. The van der Waals surface area contributed by atoms with Crippen LogP contribution in [0, 0.1) is 0 Å². The van der Waals surface area contributed by atoms with Crippen LogP contribution in [-0.2, 0) is 0 Å². The zero-order chi connectivity index (χ0) is 6.97. The van der Waals surface area contributed by atoms with Crippen LogP contribution in [0.5, 0.6) is 5.75 Å². The molecule has 0 unspecified atom stereocenters. The van der Waals surface area contributed by atoms with E-state index in [4.69, 9.17) is 10.7 Å². The molecule has 0 saturated carbocycles. The Morgan fingerprint density at radius 1 is 1.40 bits per heavy atom. The highest BCUT2D eigenvalue weighted by molar-refractivity contribution is 5.58. The van der Waals surface area contributed by atoms with Crippen LogP contribution in [0.25, 0.3) is 0 Å². The summed E-state index contributed by atoms with van der Waals surface area (Å²) in [6, 6.07) is 7.50. The van der Waals surface area contributed by atoms with Gasteiger partial charge in [0.2, 0.25) is 0 Å². The lowest BCUT2D eigenvalue weighted by atomic mass is 10.3. The van der Waals surface area contributed by atoms with E-state index in [2.05, 4.69) is 5.59 Å². The number of fused-ring (bicyclic) bond motifs is 1. The molecule has 1 aromatic rings. The van der Waals surface area contributed by atoms with Gasteiger partial charge in [-0.05, 0) is 12.1 Å². The van der Waals surface area contributed by atoms with Crippen molar-refractivity contribution in [2.75, 3.05) is 5.12 Å². The molecule has 0 spiro atoms. The van der Waals surface area contributed by atoms with Gasteiger partial charge >= 0.3 is 0 Å². The maximum atomic E-state index is 5.44. The zero-order valence-corrected chi connectivity index (χ0v) is 5.24. The summed E-state index contributed by atoms with van der Waals surface area (Å²) in [5.74, 6) is 6.20. The highest BCUT2D eigenvalue weighted by Crippen LogP contribution is 2.28. The summed E-state index contributed by atoms with van der Waals surface area (Å²) in [4.78, 5) is 4.96. The molecular formula is C6H7N3O. The van der Waals surface area contributed by atoms with Gasteiger partial charge in [0.05, 0.1) is 0 Å². The van der Waals surface area contributed by atoms with Crippen molar-refractivity contribution >= 4 is 5.69 Å². The van der Waals surface area contributed by atoms with Crippen LogP contribution in [0.2, 0.25) is 0 Å². The van der Waals surface area contributed by atoms with E-state index >= 15 is 0 Å². The molecule has 4 heteroatoms. The molecule has 1 aliphatic heterocycles. The minimum Gasteiger partial charge on any atom is -0.385 e. The van der Waals surface area contributed by atoms with Crippen molar-refractivity contribution in [2.24, 2.45) is 5.84 Å². The standard InChI is InChI=1S/C6H7N3O/c7-9-5-3-1-2-4-6(5)10-8-9/h1-4,8H,7H2. The Bertz CT molecular complexity index is 251. The van der Waals surface area contributed by atoms with E-state index in [1.165, 1.54) is 5.12 Å². The molecule has 10 heavy (non-hydrogen) atoms. The third-order valence-corrected chi connectivity index (χ3v) is 1.38. The van der Waals surface area contributed by atoms with Crippen molar-refractivity contribution in [3.05, 3.63) is 24.3 Å². The summed E-state index contributed by atoms with van der Waals surface area (Å²) in [6.45, 7) is 0. The van der Waals surface area contributed by atoms with Gasteiger partial charge in [0.15, 0.2) is 5.75 Å². The van der Waals surface area contributed by atoms with Crippen LogP contribution in [0.3, 0.4) is 0 Å². The summed E-state index contributed by atoms with van der Waals surface area (Å²) in [5.41, 5.74) is 3.35. The normalized spacial score (nSPS) is 14.7.